The van der Waals surface area contributed by atoms with Crippen molar-refractivity contribution < 1.29 is 0 Å². The molecular formula is C26H15N3S2. The van der Waals surface area contributed by atoms with Crippen LogP contribution in [-0.4, -0.2) is 14.5 Å². The van der Waals surface area contributed by atoms with Gasteiger partial charge in [0.1, 0.15) is 10.6 Å². The summed E-state index contributed by atoms with van der Waals surface area (Å²) in [6.45, 7) is 0. The molecule has 0 bridgehead atoms. The Morgan fingerprint density at radius 2 is 1.48 bits per heavy atom. The number of hydrogen-bond donors (Lipinski definition) is 0. The second kappa shape index (κ2) is 6.48. The highest BCUT2D eigenvalue weighted by atomic mass is 32.1. The molecule has 31 heavy (non-hydrogen) atoms. The van der Waals surface area contributed by atoms with Crippen LogP contribution in [0.2, 0.25) is 0 Å². The fraction of sp³-hybridized carbons (Fsp3) is 0. The monoisotopic (exact) mass is 433 g/mol. The zero-order valence-corrected chi connectivity index (χ0v) is 18.0. The molecule has 0 N–H and O–H groups in total. The second-order valence-electron chi connectivity index (χ2n) is 7.51. The lowest BCUT2D eigenvalue weighted by atomic mass is 10.2. The number of thiophene rings is 2. The van der Waals surface area contributed by atoms with Crippen molar-refractivity contribution in [3.05, 3.63) is 91.3 Å². The first kappa shape index (κ1) is 17.2. The number of hydrogen-bond acceptors (Lipinski definition) is 4. The third kappa shape index (κ3) is 2.45. The van der Waals surface area contributed by atoms with Crippen LogP contribution in [0.4, 0.5) is 0 Å². The molecule has 0 spiro atoms. The molecule has 7 aromatic rings. The predicted molar refractivity (Wildman–Crippen MR) is 133 cm³/mol. The van der Waals surface area contributed by atoms with E-state index in [0.29, 0.717) is 0 Å². The average molecular weight is 434 g/mol. The van der Waals surface area contributed by atoms with E-state index < -0.39 is 0 Å². The molecule has 0 amide bonds. The first-order chi connectivity index (χ1) is 15.4. The van der Waals surface area contributed by atoms with Crippen LogP contribution in [0.15, 0.2) is 91.3 Å². The van der Waals surface area contributed by atoms with E-state index in [4.69, 9.17) is 4.98 Å². The molecule has 2 aromatic carbocycles. The normalized spacial score (nSPS) is 11.9. The van der Waals surface area contributed by atoms with Gasteiger partial charge >= 0.3 is 0 Å². The number of benzene rings is 2. The van der Waals surface area contributed by atoms with Gasteiger partial charge in [0.15, 0.2) is 0 Å². The molecule has 0 aliphatic carbocycles. The summed E-state index contributed by atoms with van der Waals surface area (Å²) in [5.74, 6) is 0.943. The maximum atomic E-state index is 5.05. The minimum absolute atomic E-state index is 0.943. The number of pyridine rings is 2. The minimum atomic E-state index is 0.943. The number of nitrogens with zero attached hydrogens (tertiary/aromatic N) is 3. The van der Waals surface area contributed by atoms with E-state index >= 15 is 0 Å². The van der Waals surface area contributed by atoms with E-state index in [0.717, 1.165) is 17.1 Å². The molecule has 0 saturated carbocycles. The Balaban J connectivity index is 1.58. The zero-order valence-electron chi connectivity index (χ0n) is 16.3. The highest BCUT2D eigenvalue weighted by molar-refractivity contribution is 7.36. The van der Waals surface area contributed by atoms with Crippen molar-refractivity contribution >= 4 is 63.3 Å². The van der Waals surface area contributed by atoms with Gasteiger partial charge in [-0.1, -0.05) is 42.5 Å². The van der Waals surface area contributed by atoms with Crippen LogP contribution in [0.5, 0.6) is 0 Å². The maximum absolute atomic E-state index is 5.05. The van der Waals surface area contributed by atoms with Gasteiger partial charge < -0.3 is 0 Å². The molecule has 0 unspecified atom stereocenters. The van der Waals surface area contributed by atoms with Gasteiger partial charge in [0.2, 0.25) is 0 Å². The summed E-state index contributed by atoms with van der Waals surface area (Å²) in [6.07, 6.45) is 3.62. The summed E-state index contributed by atoms with van der Waals surface area (Å²) in [7, 11) is 0. The summed E-state index contributed by atoms with van der Waals surface area (Å²) in [5.41, 5.74) is 3.22. The van der Waals surface area contributed by atoms with Crippen molar-refractivity contribution in [2.45, 2.75) is 0 Å². The first-order valence-electron chi connectivity index (χ1n) is 10.1. The topological polar surface area (TPSA) is 30.7 Å². The molecule has 3 nitrogen and oxygen atoms in total. The zero-order chi connectivity index (χ0) is 20.4. The summed E-state index contributed by atoms with van der Waals surface area (Å²) < 4.78 is 6.42. The van der Waals surface area contributed by atoms with Crippen molar-refractivity contribution in [1.29, 1.82) is 0 Å². The Hall–Kier alpha value is -3.54. The quantitative estimate of drug-likeness (QED) is 0.280. The Kier molecular flexibility index (Phi) is 3.59. The highest BCUT2D eigenvalue weighted by Gasteiger charge is 2.20. The van der Waals surface area contributed by atoms with Gasteiger partial charge in [-0.2, -0.15) is 0 Å². The SMILES string of the molecule is c1cc(-c2ccncc2)nc(-n2c3ccccc3c3c4sc5ccccc5c4sc32)c1. The van der Waals surface area contributed by atoms with Crippen LogP contribution in [0.3, 0.4) is 0 Å². The molecule has 5 heteroatoms. The van der Waals surface area contributed by atoms with Crippen molar-refractivity contribution in [3.8, 4) is 17.1 Å². The lowest BCUT2D eigenvalue weighted by Gasteiger charge is -2.08. The Morgan fingerprint density at radius 1 is 0.677 bits per heavy atom. The van der Waals surface area contributed by atoms with E-state index in [-0.39, 0.29) is 0 Å². The van der Waals surface area contributed by atoms with Crippen LogP contribution in [-0.2, 0) is 0 Å². The summed E-state index contributed by atoms with van der Waals surface area (Å²) in [6, 6.07) is 27.6. The molecule has 7 rings (SSSR count). The number of rotatable bonds is 2. The molecule has 0 fully saturated rings. The molecular weight excluding hydrogens is 418 g/mol. The van der Waals surface area contributed by atoms with Gasteiger partial charge in [0, 0.05) is 38.8 Å². The van der Waals surface area contributed by atoms with Gasteiger partial charge in [-0.05, 0) is 36.4 Å². The molecule has 0 atom stereocenters. The van der Waals surface area contributed by atoms with Crippen LogP contribution < -0.4 is 0 Å². The summed E-state index contributed by atoms with van der Waals surface area (Å²) in [4.78, 5) is 10.4. The third-order valence-electron chi connectivity index (χ3n) is 5.75. The molecule has 5 aromatic heterocycles. The van der Waals surface area contributed by atoms with Crippen LogP contribution in [0.1, 0.15) is 0 Å². The molecule has 0 aliphatic heterocycles. The van der Waals surface area contributed by atoms with E-state index in [2.05, 4.69) is 76.3 Å². The van der Waals surface area contributed by atoms with E-state index in [9.17, 15) is 0 Å². The summed E-state index contributed by atoms with van der Waals surface area (Å²) in [5, 5.41) is 3.97. The second-order valence-corrected chi connectivity index (χ2v) is 9.56. The lowest BCUT2D eigenvalue weighted by molar-refractivity contribution is 1.09. The highest BCUT2D eigenvalue weighted by Crippen LogP contribution is 2.48. The Morgan fingerprint density at radius 3 is 2.39 bits per heavy atom. The number of fused-ring (bicyclic) bond motifs is 7. The van der Waals surface area contributed by atoms with E-state index in [1.807, 2.05) is 47.2 Å². The van der Waals surface area contributed by atoms with Gasteiger partial charge in [-0.3, -0.25) is 9.55 Å². The molecule has 5 heterocycles. The Labute approximate surface area is 185 Å². The molecule has 146 valence electrons. The van der Waals surface area contributed by atoms with Crippen LogP contribution >= 0.6 is 22.7 Å². The molecule has 0 aliphatic rings. The Bertz CT molecular complexity index is 1740. The van der Waals surface area contributed by atoms with Crippen LogP contribution in [0, 0.1) is 0 Å². The first-order valence-corrected chi connectivity index (χ1v) is 11.7. The van der Waals surface area contributed by atoms with Crippen molar-refractivity contribution in [2.24, 2.45) is 0 Å². The largest absolute Gasteiger partial charge is 0.285 e. The van der Waals surface area contributed by atoms with E-state index in [1.165, 1.54) is 40.6 Å². The lowest BCUT2D eigenvalue weighted by Crippen LogP contribution is -1.97. The third-order valence-corrected chi connectivity index (χ3v) is 8.27. The van der Waals surface area contributed by atoms with Gasteiger partial charge in [0.05, 0.1) is 20.6 Å². The fourth-order valence-electron chi connectivity index (χ4n) is 4.38. The average Bonchev–Trinajstić information content (AvgIpc) is 3.46. The van der Waals surface area contributed by atoms with Crippen molar-refractivity contribution in [3.63, 3.8) is 0 Å². The van der Waals surface area contributed by atoms with E-state index in [1.54, 1.807) is 0 Å². The standard InChI is InChI=1S/C26H15N3S2/c1-3-9-20-17(6-1)23-25-24(18-7-2-4-10-21(18)30-25)31-26(23)29(20)22-11-5-8-19(28-22)16-12-14-27-15-13-16/h1-15H. The number of aromatic nitrogens is 3. The van der Waals surface area contributed by atoms with Gasteiger partial charge in [-0.25, -0.2) is 4.98 Å². The van der Waals surface area contributed by atoms with Crippen molar-refractivity contribution in [2.75, 3.05) is 0 Å². The maximum Gasteiger partial charge on any atom is 0.138 e. The molecule has 0 saturated heterocycles. The van der Waals surface area contributed by atoms with Crippen LogP contribution in [0.25, 0.3) is 57.7 Å². The van der Waals surface area contributed by atoms with Gasteiger partial charge in [0.25, 0.3) is 0 Å². The summed E-state index contributed by atoms with van der Waals surface area (Å²) >= 11 is 3.76. The fourth-order valence-corrected chi connectivity index (χ4v) is 7.19. The van der Waals surface area contributed by atoms with Crippen molar-refractivity contribution in [1.82, 2.24) is 14.5 Å². The number of para-hydroxylation sites is 1. The predicted octanol–water partition coefficient (Wildman–Crippen LogP) is 7.67. The smallest absolute Gasteiger partial charge is 0.138 e. The minimum Gasteiger partial charge on any atom is -0.285 e. The molecule has 0 radical (unpaired) electrons. The van der Waals surface area contributed by atoms with Gasteiger partial charge in [-0.15, -0.1) is 22.7 Å².